The van der Waals surface area contributed by atoms with Gasteiger partial charge in [0.05, 0.1) is 7.11 Å². The van der Waals surface area contributed by atoms with E-state index in [4.69, 9.17) is 9.15 Å². The number of furan rings is 1. The topological polar surface area (TPSA) is 22.4 Å². The van der Waals surface area contributed by atoms with Gasteiger partial charge in [0.25, 0.3) is 5.95 Å². The SMILES string of the molecule is C=C1CC1CCc1ccc(OC)o1. The number of allylic oxidation sites excluding steroid dienone is 1. The summed E-state index contributed by atoms with van der Waals surface area (Å²) in [6, 6.07) is 3.83. The molecular weight excluding hydrogens is 164 g/mol. The van der Waals surface area contributed by atoms with Crippen molar-refractivity contribution in [3.05, 3.63) is 30.0 Å². The highest BCUT2D eigenvalue weighted by atomic mass is 16.6. The van der Waals surface area contributed by atoms with Crippen LogP contribution in [0.5, 0.6) is 5.95 Å². The maximum Gasteiger partial charge on any atom is 0.284 e. The molecule has 0 radical (unpaired) electrons. The highest BCUT2D eigenvalue weighted by Gasteiger charge is 2.26. The zero-order chi connectivity index (χ0) is 9.26. The van der Waals surface area contributed by atoms with E-state index >= 15 is 0 Å². The highest BCUT2D eigenvalue weighted by Crippen LogP contribution is 2.39. The summed E-state index contributed by atoms with van der Waals surface area (Å²) in [4.78, 5) is 0. The van der Waals surface area contributed by atoms with Crippen molar-refractivity contribution >= 4 is 0 Å². The van der Waals surface area contributed by atoms with E-state index in [0.29, 0.717) is 5.95 Å². The first-order chi connectivity index (χ1) is 6.29. The Hall–Kier alpha value is -1.18. The summed E-state index contributed by atoms with van der Waals surface area (Å²) < 4.78 is 10.3. The highest BCUT2D eigenvalue weighted by molar-refractivity contribution is 5.19. The van der Waals surface area contributed by atoms with Crippen LogP contribution in [0.3, 0.4) is 0 Å². The van der Waals surface area contributed by atoms with Crippen LogP contribution in [0.1, 0.15) is 18.6 Å². The number of rotatable bonds is 4. The van der Waals surface area contributed by atoms with Crippen LogP contribution in [-0.2, 0) is 6.42 Å². The standard InChI is InChI=1S/C11H14O2/c1-8-7-9(8)3-4-10-5-6-11(12-2)13-10/h5-6,9H,1,3-4,7H2,2H3. The van der Waals surface area contributed by atoms with Gasteiger partial charge in [-0.1, -0.05) is 12.2 Å². The number of aryl methyl sites for hydroxylation is 1. The molecule has 1 saturated carbocycles. The van der Waals surface area contributed by atoms with E-state index < -0.39 is 0 Å². The quantitative estimate of drug-likeness (QED) is 0.661. The van der Waals surface area contributed by atoms with Gasteiger partial charge in [-0.15, -0.1) is 0 Å². The molecule has 1 aromatic rings. The van der Waals surface area contributed by atoms with Crippen LogP contribution in [0, 0.1) is 5.92 Å². The molecule has 2 heteroatoms. The Labute approximate surface area is 78.2 Å². The predicted octanol–water partition coefficient (Wildman–Crippen LogP) is 2.80. The van der Waals surface area contributed by atoms with Gasteiger partial charge in [0, 0.05) is 12.5 Å². The Morgan fingerprint density at radius 1 is 1.62 bits per heavy atom. The van der Waals surface area contributed by atoms with Gasteiger partial charge >= 0.3 is 0 Å². The summed E-state index contributed by atoms with van der Waals surface area (Å²) in [5.74, 6) is 2.36. The van der Waals surface area contributed by atoms with Crippen LogP contribution >= 0.6 is 0 Å². The minimum absolute atomic E-state index is 0.602. The van der Waals surface area contributed by atoms with Crippen LogP contribution in [0.4, 0.5) is 0 Å². The summed E-state index contributed by atoms with van der Waals surface area (Å²) in [5.41, 5.74) is 1.39. The Bertz CT molecular complexity index is 312. The molecule has 13 heavy (non-hydrogen) atoms. The van der Waals surface area contributed by atoms with Gasteiger partial charge in [-0.3, -0.25) is 0 Å². The molecule has 0 bridgehead atoms. The first-order valence-electron chi connectivity index (χ1n) is 4.60. The first kappa shape index (κ1) is 8.42. The number of ether oxygens (including phenoxy) is 1. The van der Waals surface area contributed by atoms with Crippen molar-refractivity contribution in [3.8, 4) is 5.95 Å². The van der Waals surface area contributed by atoms with Gasteiger partial charge in [0.1, 0.15) is 5.76 Å². The molecule has 0 spiro atoms. The number of hydrogen-bond acceptors (Lipinski definition) is 2. The lowest BCUT2D eigenvalue weighted by Crippen LogP contribution is -1.83. The van der Waals surface area contributed by atoms with E-state index in [1.807, 2.05) is 12.1 Å². The Morgan fingerprint density at radius 2 is 2.38 bits per heavy atom. The lowest BCUT2D eigenvalue weighted by molar-refractivity contribution is 0.293. The van der Waals surface area contributed by atoms with Crippen LogP contribution in [0.15, 0.2) is 28.7 Å². The summed E-state index contributed by atoms with van der Waals surface area (Å²) >= 11 is 0. The molecule has 1 heterocycles. The summed E-state index contributed by atoms with van der Waals surface area (Å²) in [6.45, 7) is 3.93. The molecule has 0 saturated heterocycles. The summed E-state index contributed by atoms with van der Waals surface area (Å²) in [6.07, 6.45) is 3.36. The van der Waals surface area contributed by atoms with E-state index in [1.165, 1.54) is 12.0 Å². The normalized spacial score (nSPS) is 20.4. The Kier molecular flexibility index (Phi) is 2.13. The van der Waals surface area contributed by atoms with Gasteiger partial charge in [-0.25, -0.2) is 0 Å². The van der Waals surface area contributed by atoms with Crippen molar-refractivity contribution in [2.75, 3.05) is 7.11 Å². The molecular formula is C11H14O2. The zero-order valence-corrected chi connectivity index (χ0v) is 7.88. The average Bonchev–Trinajstić information content (AvgIpc) is 2.68. The molecule has 1 aliphatic carbocycles. The molecule has 1 unspecified atom stereocenters. The Balaban J connectivity index is 1.83. The van der Waals surface area contributed by atoms with E-state index in [2.05, 4.69) is 6.58 Å². The van der Waals surface area contributed by atoms with Gasteiger partial charge in [-0.05, 0) is 24.8 Å². The number of hydrogen-bond donors (Lipinski definition) is 0. The second-order valence-electron chi connectivity index (χ2n) is 3.52. The van der Waals surface area contributed by atoms with E-state index in [0.717, 1.165) is 24.5 Å². The summed E-state index contributed by atoms with van der Waals surface area (Å²) in [7, 11) is 1.62. The largest absolute Gasteiger partial charge is 0.468 e. The third kappa shape index (κ3) is 1.94. The van der Waals surface area contributed by atoms with Crippen molar-refractivity contribution in [1.82, 2.24) is 0 Å². The second-order valence-corrected chi connectivity index (χ2v) is 3.52. The van der Waals surface area contributed by atoms with Gasteiger partial charge in [0.2, 0.25) is 0 Å². The molecule has 0 aliphatic heterocycles. The lowest BCUT2D eigenvalue weighted by Gasteiger charge is -1.94. The maximum absolute atomic E-state index is 5.39. The fraction of sp³-hybridized carbons (Fsp3) is 0.455. The smallest absolute Gasteiger partial charge is 0.284 e. The molecule has 1 aliphatic rings. The molecule has 0 amide bonds. The fourth-order valence-corrected chi connectivity index (χ4v) is 1.48. The van der Waals surface area contributed by atoms with E-state index in [9.17, 15) is 0 Å². The summed E-state index contributed by atoms with van der Waals surface area (Å²) in [5, 5.41) is 0. The maximum atomic E-state index is 5.39. The molecule has 70 valence electrons. The average molecular weight is 178 g/mol. The van der Waals surface area contributed by atoms with Crippen LogP contribution in [-0.4, -0.2) is 7.11 Å². The third-order valence-corrected chi connectivity index (χ3v) is 2.50. The Morgan fingerprint density at radius 3 is 2.92 bits per heavy atom. The van der Waals surface area contributed by atoms with Crippen molar-refractivity contribution in [2.45, 2.75) is 19.3 Å². The minimum Gasteiger partial charge on any atom is -0.468 e. The second kappa shape index (κ2) is 3.29. The van der Waals surface area contributed by atoms with Crippen molar-refractivity contribution in [3.63, 3.8) is 0 Å². The molecule has 0 aromatic carbocycles. The molecule has 2 rings (SSSR count). The van der Waals surface area contributed by atoms with Crippen LogP contribution in [0.2, 0.25) is 0 Å². The van der Waals surface area contributed by atoms with Gasteiger partial charge in [-0.2, -0.15) is 0 Å². The minimum atomic E-state index is 0.602. The van der Waals surface area contributed by atoms with Crippen molar-refractivity contribution < 1.29 is 9.15 Å². The van der Waals surface area contributed by atoms with Crippen LogP contribution in [0.25, 0.3) is 0 Å². The number of methoxy groups -OCH3 is 1. The monoisotopic (exact) mass is 178 g/mol. The van der Waals surface area contributed by atoms with Crippen molar-refractivity contribution in [1.29, 1.82) is 0 Å². The van der Waals surface area contributed by atoms with Gasteiger partial charge in [0.15, 0.2) is 0 Å². The molecule has 1 aromatic heterocycles. The predicted molar refractivity (Wildman–Crippen MR) is 50.8 cm³/mol. The molecule has 1 fully saturated rings. The molecule has 2 nitrogen and oxygen atoms in total. The van der Waals surface area contributed by atoms with Gasteiger partial charge < -0.3 is 9.15 Å². The van der Waals surface area contributed by atoms with E-state index in [1.54, 1.807) is 7.11 Å². The zero-order valence-electron chi connectivity index (χ0n) is 7.88. The first-order valence-corrected chi connectivity index (χ1v) is 4.60. The third-order valence-electron chi connectivity index (χ3n) is 2.50. The van der Waals surface area contributed by atoms with Crippen LogP contribution < -0.4 is 4.74 Å². The molecule has 1 atom stereocenters. The molecule has 0 N–H and O–H groups in total. The lowest BCUT2D eigenvalue weighted by atomic mass is 10.2. The van der Waals surface area contributed by atoms with Crippen molar-refractivity contribution in [2.24, 2.45) is 5.92 Å². The fourth-order valence-electron chi connectivity index (χ4n) is 1.48. The van der Waals surface area contributed by atoms with E-state index in [-0.39, 0.29) is 0 Å².